The Morgan fingerprint density at radius 2 is 1.97 bits per heavy atom. The summed E-state index contributed by atoms with van der Waals surface area (Å²) in [7, 11) is 0. The molecule has 2 aliphatic heterocycles. The van der Waals surface area contributed by atoms with Crippen LogP contribution in [0.2, 0.25) is 0 Å². The highest BCUT2D eigenvalue weighted by atomic mass is 16.1. The predicted octanol–water partition coefficient (Wildman–Crippen LogP) is 4.10. The Morgan fingerprint density at radius 3 is 2.81 bits per heavy atom. The standard InChI is InChI=1S/C29H26N6O2/c1-29(21-4-3-7-30-28(21)32-16-36)11-17-8-23-24(9-18(17)12-29)33-20(13-31-23)15-35-14-19-10-26(37)34-22-5-2-6-25(35)27(19)22/h2-9,13,16,19H,10-12,14-15H2,1H3,(H,34,37)(H,30,32,36). The molecule has 1 aliphatic carbocycles. The molecule has 7 rings (SSSR count). The number of nitrogens with zero attached hydrogens (tertiary/aromatic N) is 4. The van der Waals surface area contributed by atoms with Gasteiger partial charge in [0.05, 0.1) is 29.5 Å². The van der Waals surface area contributed by atoms with Crippen molar-refractivity contribution < 1.29 is 9.59 Å². The van der Waals surface area contributed by atoms with Crippen LogP contribution in [0, 0.1) is 0 Å². The average Bonchev–Trinajstić information content (AvgIpc) is 3.40. The first kappa shape index (κ1) is 21.9. The maximum atomic E-state index is 12.1. The van der Waals surface area contributed by atoms with E-state index in [1.807, 2.05) is 30.5 Å². The van der Waals surface area contributed by atoms with E-state index in [9.17, 15) is 9.59 Å². The van der Waals surface area contributed by atoms with Crippen molar-refractivity contribution in [3.8, 4) is 0 Å². The fourth-order valence-electron chi connectivity index (χ4n) is 6.51. The highest BCUT2D eigenvalue weighted by Crippen LogP contribution is 2.46. The van der Waals surface area contributed by atoms with Crippen LogP contribution in [0.5, 0.6) is 0 Å². The molecular formula is C29H26N6O2. The molecule has 0 saturated carbocycles. The molecule has 2 amide bonds. The number of hydrogen-bond acceptors (Lipinski definition) is 6. The fraction of sp³-hybridized carbons (Fsp3) is 0.276. The van der Waals surface area contributed by atoms with Gasteiger partial charge < -0.3 is 15.5 Å². The van der Waals surface area contributed by atoms with Gasteiger partial charge in [0.2, 0.25) is 12.3 Å². The van der Waals surface area contributed by atoms with Crippen LogP contribution in [0.3, 0.4) is 0 Å². The number of fused-ring (bicyclic) bond motifs is 2. The molecule has 4 heterocycles. The van der Waals surface area contributed by atoms with Gasteiger partial charge in [0, 0.05) is 53.0 Å². The van der Waals surface area contributed by atoms with Gasteiger partial charge >= 0.3 is 0 Å². The zero-order valence-corrected chi connectivity index (χ0v) is 20.5. The average molecular weight is 491 g/mol. The molecule has 37 heavy (non-hydrogen) atoms. The minimum Gasteiger partial charge on any atom is -0.365 e. The van der Waals surface area contributed by atoms with Gasteiger partial charge in [-0.3, -0.25) is 14.6 Å². The maximum absolute atomic E-state index is 12.1. The molecule has 0 saturated heterocycles. The number of nitrogens with one attached hydrogen (secondary N) is 2. The number of benzene rings is 2. The summed E-state index contributed by atoms with van der Waals surface area (Å²) in [6, 6.07) is 14.4. The van der Waals surface area contributed by atoms with E-state index in [0.29, 0.717) is 25.2 Å². The van der Waals surface area contributed by atoms with Crippen LogP contribution < -0.4 is 15.5 Å². The maximum Gasteiger partial charge on any atom is 0.225 e. The van der Waals surface area contributed by atoms with Crippen molar-refractivity contribution in [3.63, 3.8) is 0 Å². The SMILES string of the molecule is CC1(c2cccnc2NC=O)Cc2cc3ncc(CN4CC5CC(=O)Nc6cccc4c65)nc3cc2C1. The Kier molecular flexibility index (Phi) is 4.79. The van der Waals surface area contributed by atoms with Crippen LogP contribution in [0.4, 0.5) is 17.2 Å². The number of anilines is 3. The summed E-state index contributed by atoms with van der Waals surface area (Å²) in [5.41, 5.74) is 9.42. The molecule has 8 heteroatoms. The van der Waals surface area contributed by atoms with E-state index in [4.69, 9.17) is 9.97 Å². The van der Waals surface area contributed by atoms with Crippen molar-refractivity contribution in [2.45, 2.75) is 44.1 Å². The molecular weight excluding hydrogens is 464 g/mol. The second kappa shape index (κ2) is 8.09. The molecule has 2 unspecified atom stereocenters. The lowest BCUT2D eigenvalue weighted by molar-refractivity contribution is -0.116. The van der Waals surface area contributed by atoms with Gasteiger partial charge in [0.15, 0.2) is 0 Å². The van der Waals surface area contributed by atoms with Gasteiger partial charge in [0.25, 0.3) is 0 Å². The number of pyridine rings is 1. The Balaban J connectivity index is 1.18. The first-order valence-electron chi connectivity index (χ1n) is 12.6. The molecule has 4 aromatic rings. The van der Waals surface area contributed by atoms with E-state index in [1.54, 1.807) is 6.20 Å². The Morgan fingerprint density at radius 1 is 1.14 bits per heavy atom. The number of carbonyl (C=O) groups is 2. The van der Waals surface area contributed by atoms with Crippen molar-refractivity contribution in [1.82, 2.24) is 15.0 Å². The van der Waals surface area contributed by atoms with Crippen LogP contribution in [0.15, 0.2) is 54.9 Å². The highest BCUT2D eigenvalue weighted by Gasteiger charge is 2.38. The summed E-state index contributed by atoms with van der Waals surface area (Å²) in [4.78, 5) is 39.7. The fourth-order valence-corrected chi connectivity index (χ4v) is 6.51. The normalized spacial score (nSPS) is 21.5. The Hall–Kier alpha value is -4.33. The first-order valence-corrected chi connectivity index (χ1v) is 12.6. The summed E-state index contributed by atoms with van der Waals surface area (Å²) in [5, 5.41) is 5.77. The molecule has 3 aliphatic rings. The van der Waals surface area contributed by atoms with Crippen molar-refractivity contribution in [2.24, 2.45) is 0 Å². The summed E-state index contributed by atoms with van der Waals surface area (Å²) < 4.78 is 0. The van der Waals surface area contributed by atoms with Gasteiger partial charge in [-0.2, -0.15) is 0 Å². The second-order valence-corrected chi connectivity index (χ2v) is 10.6. The third kappa shape index (κ3) is 3.55. The highest BCUT2D eigenvalue weighted by molar-refractivity contribution is 5.97. The van der Waals surface area contributed by atoms with Crippen molar-refractivity contribution in [2.75, 3.05) is 22.1 Å². The summed E-state index contributed by atoms with van der Waals surface area (Å²) in [6.45, 7) is 3.68. The number of amides is 2. The number of carbonyl (C=O) groups excluding carboxylic acids is 2. The minimum atomic E-state index is -0.175. The topological polar surface area (TPSA) is 100 Å². The van der Waals surface area contributed by atoms with Crippen LogP contribution in [0.1, 0.15) is 47.2 Å². The van der Waals surface area contributed by atoms with E-state index in [-0.39, 0.29) is 17.2 Å². The van der Waals surface area contributed by atoms with Crippen LogP contribution >= 0.6 is 0 Å². The Bertz CT molecular complexity index is 1600. The zero-order chi connectivity index (χ0) is 25.1. The molecule has 2 aromatic carbocycles. The first-order chi connectivity index (χ1) is 18.0. The van der Waals surface area contributed by atoms with Crippen molar-refractivity contribution >= 4 is 40.5 Å². The molecule has 2 N–H and O–H groups in total. The van der Waals surface area contributed by atoms with Gasteiger partial charge in [-0.25, -0.2) is 9.97 Å². The van der Waals surface area contributed by atoms with Crippen molar-refractivity contribution in [1.29, 1.82) is 0 Å². The zero-order valence-electron chi connectivity index (χ0n) is 20.5. The molecule has 184 valence electrons. The molecule has 0 fully saturated rings. The molecule has 0 bridgehead atoms. The number of aromatic nitrogens is 3. The lowest BCUT2D eigenvalue weighted by Gasteiger charge is -2.25. The van der Waals surface area contributed by atoms with Crippen molar-refractivity contribution in [3.05, 3.63) is 82.8 Å². The predicted molar refractivity (Wildman–Crippen MR) is 142 cm³/mol. The molecule has 2 aromatic heterocycles. The largest absolute Gasteiger partial charge is 0.365 e. The van der Waals surface area contributed by atoms with E-state index < -0.39 is 0 Å². The van der Waals surface area contributed by atoms with Gasteiger partial charge in [-0.05, 0) is 54.3 Å². The van der Waals surface area contributed by atoms with Crippen LogP contribution in [-0.4, -0.2) is 33.8 Å². The smallest absolute Gasteiger partial charge is 0.225 e. The van der Waals surface area contributed by atoms with E-state index in [2.05, 4.69) is 45.6 Å². The Labute approximate surface area is 214 Å². The van der Waals surface area contributed by atoms with Crippen LogP contribution in [0.25, 0.3) is 11.0 Å². The van der Waals surface area contributed by atoms with Gasteiger partial charge in [-0.1, -0.05) is 19.1 Å². The van der Waals surface area contributed by atoms with Gasteiger partial charge in [-0.15, -0.1) is 0 Å². The third-order valence-electron chi connectivity index (χ3n) is 8.06. The summed E-state index contributed by atoms with van der Waals surface area (Å²) in [5.74, 6) is 0.924. The quantitative estimate of drug-likeness (QED) is 0.409. The van der Waals surface area contributed by atoms with E-state index >= 15 is 0 Å². The van der Waals surface area contributed by atoms with E-state index in [1.165, 1.54) is 22.4 Å². The monoisotopic (exact) mass is 490 g/mol. The summed E-state index contributed by atoms with van der Waals surface area (Å²) >= 11 is 0. The lowest BCUT2D eigenvalue weighted by Crippen LogP contribution is -2.25. The molecule has 8 nitrogen and oxygen atoms in total. The summed E-state index contributed by atoms with van der Waals surface area (Å²) in [6.07, 6.45) is 6.47. The van der Waals surface area contributed by atoms with Crippen LogP contribution in [-0.2, 0) is 34.4 Å². The van der Waals surface area contributed by atoms with Gasteiger partial charge in [0.1, 0.15) is 5.82 Å². The number of hydrogen-bond donors (Lipinski definition) is 2. The van der Waals surface area contributed by atoms with E-state index in [0.717, 1.165) is 47.4 Å². The number of rotatable bonds is 5. The molecule has 2 atom stereocenters. The lowest BCUT2D eigenvalue weighted by atomic mass is 9.80. The second-order valence-electron chi connectivity index (χ2n) is 10.6. The minimum absolute atomic E-state index is 0.0863. The molecule has 0 spiro atoms. The molecule has 0 radical (unpaired) electrons. The third-order valence-corrected chi connectivity index (χ3v) is 8.06.